The van der Waals surface area contributed by atoms with Crippen LogP contribution in [0.25, 0.3) is 10.8 Å². The molecule has 1 aliphatic heterocycles. The van der Waals surface area contributed by atoms with Crippen molar-refractivity contribution in [2.45, 2.75) is 0 Å². The molecule has 0 spiro atoms. The molecule has 1 aliphatic rings. The fourth-order valence-corrected chi connectivity index (χ4v) is 3.38. The molecule has 5 rings (SSSR count). The summed E-state index contributed by atoms with van der Waals surface area (Å²) in [5.41, 5.74) is 2.03. The molecule has 5 heteroatoms. The Morgan fingerprint density at radius 1 is 0.793 bits per heavy atom. The van der Waals surface area contributed by atoms with Crippen molar-refractivity contribution in [2.75, 3.05) is 10.6 Å². The fourth-order valence-electron chi connectivity index (χ4n) is 3.38. The van der Waals surface area contributed by atoms with E-state index in [4.69, 9.17) is 4.74 Å². The average Bonchev–Trinajstić information content (AvgIpc) is 2.89. The first-order chi connectivity index (χ1) is 14.2. The quantitative estimate of drug-likeness (QED) is 0.486. The van der Waals surface area contributed by atoms with Crippen molar-refractivity contribution >= 4 is 34.0 Å². The highest BCUT2D eigenvalue weighted by Crippen LogP contribution is 2.36. The zero-order valence-corrected chi connectivity index (χ0v) is 15.3. The van der Waals surface area contributed by atoms with Crippen LogP contribution in [0, 0.1) is 0 Å². The van der Waals surface area contributed by atoms with Crippen LogP contribution in [0.15, 0.2) is 84.9 Å². The lowest BCUT2D eigenvalue weighted by Gasteiger charge is -2.10. The number of ether oxygens (including phenoxy) is 1. The van der Waals surface area contributed by atoms with Crippen LogP contribution < -0.4 is 15.4 Å². The lowest BCUT2D eigenvalue weighted by Crippen LogP contribution is -2.14. The Morgan fingerprint density at radius 3 is 2.48 bits per heavy atom. The van der Waals surface area contributed by atoms with E-state index in [-0.39, 0.29) is 11.8 Å². The molecule has 0 aromatic heterocycles. The van der Waals surface area contributed by atoms with E-state index >= 15 is 0 Å². The van der Waals surface area contributed by atoms with E-state index in [1.54, 1.807) is 36.4 Å². The Balaban J connectivity index is 1.43. The van der Waals surface area contributed by atoms with Crippen molar-refractivity contribution in [3.63, 3.8) is 0 Å². The van der Waals surface area contributed by atoms with E-state index in [1.165, 1.54) is 0 Å². The first-order valence-electron chi connectivity index (χ1n) is 9.20. The van der Waals surface area contributed by atoms with E-state index in [0.29, 0.717) is 34.0 Å². The monoisotopic (exact) mass is 380 g/mol. The van der Waals surface area contributed by atoms with Gasteiger partial charge in [-0.25, -0.2) is 0 Å². The molecule has 0 fully saturated rings. The maximum atomic E-state index is 12.7. The third-order valence-electron chi connectivity index (χ3n) is 4.85. The lowest BCUT2D eigenvalue weighted by atomic mass is 10.1. The summed E-state index contributed by atoms with van der Waals surface area (Å²) in [6.45, 7) is 0. The van der Waals surface area contributed by atoms with Gasteiger partial charge in [0, 0.05) is 11.3 Å². The topological polar surface area (TPSA) is 67.4 Å². The molecular formula is C24H16N2O3. The highest BCUT2D eigenvalue weighted by molar-refractivity contribution is 6.10. The Bertz CT molecular complexity index is 1280. The van der Waals surface area contributed by atoms with Gasteiger partial charge in [0.2, 0.25) is 0 Å². The SMILES string of the molecule is O=C(Nc1ccc2c(c1)C(=O)Nc1ccccc1O2)c1ccc2ccccc2c1. The molecule has 2 amide bonds. The van der Waals surface area contributed by atoms with Gasteiger partial charge in [-0.1, -0.05) is 42.5 Å². The smallest absolute Gasteiger partial charge is 0.259 e. The van der Waals surface area contributed by atoms with Gasteiger partial charge >= 0.3 is 0 Å². The molecular weight excluding hydrogens is 364 g/mol. The number of hydrogen-bond acceptors (Lipinski definition) is 3. The summed E-state index contributed by atoms with van der Waals surface area (Å²) in [5, 5.41) is 7.76. The van der Waals surface area contributed by atoms with E-state index in [9.17, 15) is 9.59 Å². The van der Waals surface area contributed by atoms with Crippen LogP contribution in [0.2, 0.25) is 0 Å². The number of amides is 2. The number of fused-ring (bicyclic) bond motifs is 3. The number of carbonyl (C=O) groups is 2. The maximum absolute atomic E-state index is 12.7. The van der Waals surface area contributed by atoms with Crippen LogP contribution in [0.4, 0.5) is 11.4 Å². The zero-order valence-electron chi connectivity index (χ0n) is 15.3. The van der Waals surface area contributed by atoms with Gasteiger partial charge in [-0.15, -0.1) is 0 Å². The first kappa shape index (κ1) is 17.0. The Labute approximate surface area is 166 Å². The molecule has 1 heterocycles. The summed E-state index contributed by atoms with van der Waals surface area (Å²) in [6, 6.07) is 25.7. The van der Waals surface area contributed by atoms with Gasteiger partial charge in [-0.05, 0) is 53.2 Å². The van der Waals surface area contributed by atoms with Gasteiger partial charge in [0.25, 0.3) is 11.8 Å². The number of anilines is 2. The molecule has 4 aromatic carbocycles. The third kappa shape index (κ3) is 3.19. The van der Waals surface area contributed by atoms with Crippen LogP contribution in [-0.2, 0) is 0 Å². The average molecular weight is 380 g/mol. The Kier molecular flexibility index (Phi) is 3.99. The molecule has 2 N–H and O–H groups in total. The van der Waals surface area contributed by atoms with Crippen LogP contribution >= 0.6 is 0 Å². The number of nitrogens with one attached hydrogen (secondary N) is 2. The van der Waals surface area contributed by atoms with Gasteiger partial charge in [0.05, 0.1) is 11.3 Å². The molecule has 0 saturated heterocycles. The van der Waals surface area contributed by atoms with Gasteiger partial charge in [-0.3, -0.25) is 9.59 Å². The largest absolute Gasteiger partial charge is 0.454 e. The van der Waals surface area contributed by atoms with Gasteiger partial charge in [0.1, 0.15) is 5.75 Å². The summed E-state index contributed by atoms with van der Waals surface area (Å²) in [7, 11) is 0. The van der Waals surface area contributed by atoms with Crippen molar-refractivity contribution in [3.8, 4) is 11.5 Å². The van der Waals surface area contributed by atoms with E-state index in [1.807, 2.05) is 48.5 Å². The minimum absolute atomic E-state index is 0.242. The summed E-state index contributed by atoms with van der Waals surface area (Å²) >= 11 is 0. The van der Waals surface area contributed by atoms with Crippen molar-refractivity contribution < 1.29 is 14.3 Å². The maximum Gasteiger partial charge on any atom is 0.259 e. The predicted molar refractivity (Wildman–Crippen MR) is 113 cm³/mol. The molecule has 0 bridgehead atoms. The highest BCUT2D eigenvalue weighted by Gasteiger charge is 2.21. The van der Waals surface area contributed by atoms with Crippen molar-refractivity contribution in [3.05, 3.63) is 96.1 Å². The number of para-hydroxylation sites is 2. The van der Waals surface area contributed by atoms with Gasteiger partial charge in [0.15, 0.2) is 5.75 Å². The summed E-state index contributed by atoms with van der Waals surface area (Å²) < 4.78 is 5.87. The first-order valence-corrected chi connectivity index (χ1v) is 9.20. The molecule has 140 valence electrons. The fraction of sp³-hybridized carbons (Fsp3) is 0. The van der Waals surface area contributed by atoms with E-state index in [0.717, 1.165) is 10.8 Å². The van der Waals surface area contributed by atoms with Gasteiger partial charge < -0.3 is 15.4 Å². The molecule has 0 saturated carbocycles. The van der Waals surface area contributed by atoms with Crippen molar-refractivity contribution in [1.82, 2.24) is 0 Å². The van der Waals surface area contributed by atoms with Crippen LogP contribution in [0.1, 0.15) is 20.7 Å². The Morgan fingerprint density at radius 2 is 1.59 bits per heavy atom. The number of benzene rings is 4. The van der Waals surface area contributed by atoms with Crippen molar-refractivity contribution in [2.24, 2.45) is 0 Å². The molecule has 4 aromatic rings. The molecule has 0 unspecified atom stereocenters. The summed E-state index contributed by atoms with van der Waals surface area (Å²) in [4.78, 5) is 25.3. The minimum atomic E-state index is -0.285. The van der Waals surface area contributed by atoms with Crippen molar-refractivity contribution in [1.29, 1.82) is 0 Å². The molecule has 0 atom stereocenters. The summed E-state index contributed by atoms with van der Waals surface area (Å²) in [5.74, 6) is 0.490. The second-order valence-electron chi connectivity index (χ2n) is 6.78. The number of rotatable bonds is 2. The second kappa shape index (κ2) is 6.80. The number of hydrogen-bond donors (Lipinski definition) is 2. The normalized spacial score (nSPS) is 12.2. The van der Waals surface area contributed by atoms with Crippen LogP contribution in [0.3, 0.4) is 0 Å². The van der Waals surface area contributed by atoms with Crippen LogP contribution in [0.5, 0.6) is 11.5 Å². The number of carbonyl (C=O) groups excluding carboxylic acids is 2. The predicted octanol–water partition coefficient (Wildman–Crippen LogP) is 5.45. The second-order valence-corrected chi connectivity index (χ2v) is 6.78. The zero-order chi connectivity index (χ0) is 19.8. The van der Waals surface area contributed by atoms with E-state index < -0.39 is 0 Å². The molecule has 0 aliphatic carbocycles. The lowest BCUT2D eigenvalue weighted by molar-refractivity contribution is 0.101. The van der Waals surface area contributed by atoms with E-state index in [2.05, 4.69) is 10.6 Å². The molecule has 29 heavy (non-hydrogen) atoms. The minimum Gasteiger partial charge on any atom is -0.454 e. The highest BCUT2D eigenvalue weighted by atomic mass is 16.5. The van der Waals surface area contributed by atoms with Crippen LogP contribution in [-0.4, -0.2) is 11.8 Å². The summed E-state index contributed by atoms with van der Waals surface area (Å²) in [6.07, 6.45) is 0. The van der Waals surface area contributed by atoms with Gasteiger partial charge in [-0.2, -0.15) is 0 Å². The molecule has 5 nitrogen and oxygen atoms in total. The Hall–Kier alpha value is -4.12. The third-order valence-corrected chi connectivity index (χ3v) is 4.85. The standard InChI is InChI=1S/C24H16N2O3/c27-23(17-10-9-15-5-1-2-6-16(15)13-17)25-18-11-12-21-19(14-18)24(28)26-20-7-3-4-8-22(20)29-21/h1-14H,(H,25,27)(H,26,28). The molecule has 0 radical (unpaired) electrons.